The van der Waals surface area contributed by atoms with Gasteiger partial charge in [-0.1, -0.05) is 12.5 Å². The predicted molar refractivity (Wildman–Crippen MR) is 62.6 cm³/mol. The Bertz CT molecular complexity index is 404. The Morgan fingerprint density at radius 1 is 1.19 bits per heavy atom. The third-order valence-electron chi connectivity index (χ3n) is 3.03. The minimum absolute atomic E-state index is 0.846. The Morgan fingerprint density at radius 2 is 1.88 bits per heavy atom. The molecule has 0 N–H and O–H groups in total. The summed E-state index contributed by atoms with van der Waals surface area (Å²) in [5, 5.41) is 20.7. The van der Waals surface area contributed by atoms with Crippen LogP contribution in [0.4, 0.5) is 0 Å². The Labute approximate surface area is 99.5 Å². The lowest BCUT2D eigenvalue weighted by molar-refractivity contribution is 0.152. The average molecular weight is 231 g/mol. The number of hydrogen-bond acceptors (Lipinski definition) is 4. The first-order valence-electron chi connectivity index (χ1n) is 5.45. The Hall–Kier alpha value is -1.36. The Kier molecular flexibility index (Phi) is 3.24. The molecule has 0 spiro atoms. The van der Waals surface area contributed by atoms with Crippen molar-refractivity contribution in [1.82, 2.24) is 4.90 Å². The molecule has 1 aliphatic rings. The van der Waals surface area contributed by atoms with Crippen LogP contribution in [0.5, 0.6) is 0 Å². The smallest absolute Gasteiger partial charge is 0.231 e. The van der Waals surface area contributed by atoms with Crippen LogP contribution in [0.2, 0.25) is 0 Å². The van der Waals surface area contributed by atoms with E-state index in [9.17, 15) is 10.5 Å². The standard InChI is InChI=1S/C12H13N3S/c13-9-12(10-14,11-5-4-8-16-11)15-6-2-1-3-7-15/h4-5,8H,1-3,6-7H2. The fourth-order valence-electron chi connectivity index (χ4n) is 2.15. The minimum atomic E-state index is -1.06. The van der Waals surface area contributed by atoms with Gasteiger partial charge in [0, 0.05) is 13.1 Å². The van der Waals surface area contributed by atoms with E-state index in [-0.39, 0.29) is 0 Å². The van der Waals surface area contributed by atoms with Crippen LogP contribution < -0.4 is 0 Å². The second-order valence-electron chi connectivity index (χ2n) is 3.96. The molecule has 1 saturated heterocycles. The molecule has 2 rings (SSSR count). The van der Waals surface area contributed by atoms with E-state index in [0.29, 0.717) is 0 Å². The van der Waals surface area contributed by atoms with Crippen molar-refractivity contribution in [2.75, 3.05) is 13.1 Å². The maximum Gasteiger partial charge on any atom is 0.231 e. The first-order chi connectivity index (χ1) is 7.83. The van der Waals surface area contributed by atoms with Crippen molar-refractivity contribution >= 4 is 11.3 Å². The maximum atomic E-state index is 9.39. The number of rotatable bonds is 2. The van der Waals surface area contributed by atoms with Crippen LogP contribution in [0, 0.1) is 22.7 Å². The van der Waals surface area contributed by atoms with Crippen molar-refractivity contribution in [1.29, 1.82) is 10.5 Å². The quantitative estimate of drug-likeness (QED) is 0.785. The fraction of sp³-hybridized carbons (Fsp3) is 0.500. The maximum absolute atomic E-state index is 9.39. The number of piperidine rings is 1. The van der Waals surface area contributed by atoms with Gasteiger partial charge in [0.1, 0.15) is 12.1 Å². The molecule has 1 fully saturated rings. The number of thiophene rings is 1. The monoisotopic (exact) mass is 231 g/mol. The fourth-order valence-corrected chi connectivity index (χ4v) is 3.00. The molecule has 2 heterocycles. The van der Waals surface area contributed by atoms with Crippen LogP contribution in [-0.2, 0) is 5.54 Å². The highest BCUT2D eigenvalue weighted by Crippen LogP contribution is 2.33. The van der Waals surface area contributed by atoms with Gasteiger partial charge in [-0.25, -0.2) is 0 Å². The number of nitriles is 2. The van der Waals surface area contributed by atoms with Gasteiger partial charge in [0.2, 0.25) is 5.54 Å². The molecule has 16 heavy (non-hydrogen) atoms. The van der Waals surface area contributed by atoms with E-state index in [0.717, 1.165) is 30.8 Å². The van der Waals surface area contributed by atoms with E-state index < -0.39 is 5.54 Å². The highest BCUT2D eigenvalue weighted by atomic mass is 32.1. The van der Waals surface area contributed by atoms with Crippen LogP contribution in [0.1, 0.15) is 24.1 Å². The van der Waals surface area contributed by atoms with Gasteiger partial charge < -0.3 is 0 Å². The van der Waals surface area contributed by atoms with E-state index in [1.54, 1.807) is 0 Å². The highest BCUT2D eigenvalue weighted by molar-refractivity contribution is 7.10. The average Bonchev–Trinajstić information content (AvgIpc) is 2.87. The van der Waals surface area contributed by atoms with Gasteiger partial charge in [0.05, 0.1) is 4.88 Å². The summed E-state index contributed by atoms with van der Waals surface area (Å²) < 4.78 is 0. The van der Waals surface area contributed by atoms with Gasteiger partial charge in [0.25, 0.3) is 0 Å². The summed E-state index contributed by atoms with van der Waals surface area (Å²) >= 11 is 1.49. The van der Waals surface area contributed by atoms with Crippen molar-refractivity contribution in [2.24, 2.45) is 0 Å². The molecule has 0 aromatic carbocycles. The van der Waals surface area contributed by atoms with Crippen molar-refractivity contribution < 1.29 is 0 Å². The van der Waals surface area contributed by atoms with E-state index in [1.165, 1.54) is 17.8 Å². The van der Waals surface area contributed by atoms with Crippen molar-refractivity contribution in [3.8, 4) is 12.1 Å². The predicted octanol–water partition coefficient (Wildman–Crippen LogP) is 2.48. The molecule has 3 nitrogen and oxygen atoms in total. The number of hydrogen-bond donors (Lipinski definition) is 0. The Balaban J connectivity index is 2.36. The molecule has 0 radical (unpaired) electrons. The summed E-state index contributed by atoms with van der Waals surface area (Å²) in [7, 11) is 0. The Morgan fingerprint density at radius 3 is 2.38 bits per heavy atom. The van der Waals surface area contributed by atoms with Gasteiger partial charge in [-0.05, 0) is 24.3 Å². The third-order valence-corrected chi connectivity index (χ3v) is 4.01. The second kappa shape index (κ2) is 4.65. The number of likely N-dealkylation sites (tertiary alicyclic amines) is 1. The van der Waals surface area contributed by atoms with E-state index in [4.69, 9.17) is 0 Å². The molecule has 0 amide bonds. The van der Waals surface area contributed by atoms with Crippen LogP contribution >= 0.6 is 11.3 Å². The molecule has 0 saturated carbocycles. The highest BCUT2D eigenvalue weighted by Gasteiger charge is 2.40. The lowest BCUT2D eigenvalue weighted by Gasteiger charge is -2.35. The molecule has 1 aromatic heterocycles. The summed E-state index contributed by atoms with van der Waals surface area (Å²) in [6.45, 7) is 1.69. The van der Waals surface area contributed by atoms with E-state index in [2.05, 4.69) is 12.1 Å². The zero-order valence-corrected chi connectivity index (χ0v) is 9.83. The lowest BCUT2D eigenvalue weighted by Crippen LogP contribution is -2.46. The molecule has 0 atom stereocenters. The summed E-state index contributed by atoms with van der Waals surface area (Å²) in [6, 6.07) is 8.20. The molecule has 0 aliphatic carbocycles. The van der Waals surface area contributed by atoms with Crippen LogP contribution in [0.3, 0.4) is 0 Å². The molecule has 4 heteroatoms. The van der Waals surface area contributed by atoms with Crippen molar-refractivity contribution in [2.45, 2.75) is 24.8 Å². The van der Waals surface area contributed by atoms with Gasteiger partial charge in [0.15, 0.2) is 0 Å². The SMILES string of the molecule is N#CC(C#N)(c1cccs1)N1CCCCC1. The van der Waals surface area contributed by atoms with Gasteiger partial charge in [-0.2, -0.15) is 10.5 Å². The largest absolute Gasteiger partial charge is 0.269 e. The summed E-state index contributed by atoms with van der Waals surface area (Å²) in [6.07, 6.45) is 3.36. The molecule has 0 bridgehead atoms. The third kappa shape index (κ3) is 1.71. The summed E-state index contributed by atoms with van der Waals surface area (Å²) in [5.41, 5.74) is -1.06. The van der Waals surface area contributed by atoms with Gasteiger partial charge in [-0.3, -0.25) is 4.90 Å². The summed E-state index contributed by atoms with van der Waals surface area (Å²) in [4.78, 5) is 2.86. The molecule has 1 aromatic rings. The molecule has 82 valence electrons. The molecule has 1 aliphatic heterocycles. The van der Waals surface area contributed by atoms with Gasteiger partial charge >= 0.3 is 0 Å². The van der Waals surface area contributed by atoms with Crippen LogP contribution in [-0.4, -0.2) is 18.0 Å². The second-order valence-corrected chi connectivity index (χ2v) is 4.91. The lowest BCUT2D eigenvalue weighted by atomic mass is 9.95. The van der Waals surface area contributed by atoms with Crippen molar-refractivity contribution in [3.05, 3.63) is 22.4 Å². The zero-order chi connectivity index (χ0) is 11.4. The molecule has 0 unspecified atom stereocenters. The van der Waals surface area contributed by atoms with E-state index in [1.807, 2.05) is 22.4 Å². The first kappa shape index (κ1) is 11.1. The number of nitrogens with zero attached hydrogens (tertiary/aromatic N) is 3. The van der Waals surface area contributed by atoms with Gasteiger partial charge in [-0.15, -0.1) is 11.3 Å². The normalized spacial score (nSPS) is 17.6. The molecular formula is C12H13N3S. The minimum Gasteiger partial charge on any atom is -0.269 e. The summed E-state index contributed by atoms with van der Waals surface area (Å²) in [5.74, 6) is 0. The van der Waals surface area contributed by atoms with E-state index >= 15 is 0 Å². The zero-order valence-electron chi connectivity index (χ0n) is 9.02. The van der Waals surface area contributed by atoms with Crippen LogP contribution in [0.25, 0.3) is 0 Å². The molecular weight excluding hydrogens is 218 g/mol. The first-order valence-corrected chi connectivity index (χ1v) is 6.33. The van der Waals surface area contributed by atoms with Crippen LogP contribution in [0.15, 0.2) is 17.5 Å². The topological polar surface area (TPSA) is 50.8 Å². The van der Waals surface area contributed by atoms with Crippen molar-refractivity contribution in [3.63, 3.8) is 0 Å².